The Labute approximate surface area is 79.7 Å². The summed E-state index contributed by atoms with van der Waals surface area (Å²) >= 11 is 5.00. The van der Waals surface area contributed by atoms with Crippen molar-refractivity contribution in [2.75, 3.05) is 0 Å². The number of nitrogens with zero attached hydrogens (tertiary/aromatic N) is 1. The number of hydrogen-bond acceptors (Lipinski definition) is 1. The highest BCUT2D eigenvalue weighted by atomic mass is 32.1. The molecule has 1 heterocycles. The van der Waals surface area contributed by atoms with Crippen LogP contribution in [0, 0.1) is 10.6 Å². The second kappa shape index (κ2) is 3.14. The molecular weight excluding hydrogens is 187 g/mol. The Kier molecular flexibility index (Phi) is 1.98. The van der Waals surface area contributed by atoms with Gasteiger partial charge in [-0.15, -0.1) is 0 Å². The molecule has 0 aliphatic carbocycles. The van der Waals surface area contributed by atoms with Crippen molar-refractivity contribution >= 4 is 12.2 Å². The highest BCUT2D eigenvalue weighted by molar-refractivity contribution is 7.71. The number of imidazole rings is 1. The van der Waals surface area contributed by atoms with Crippen molar-refractivity contribution in [3.05, 3.63) is 47.2 Å². The smallest absolute Gasteiger partial charge is 0.181 e. The van der Waals surface area contributed by atoms with Gasteiger partial charge in [0, 0.05) is 12.4 Å². The molecule has 4 heteroatoms. The maximum absolute atomic E-state index is 12.8. The molecule has 66 valence electrons. The number of rotatable bonds is 1. The molecule has 2 nitrogen and oxygen atoms in total. The summed E-state index contributed by atoms with van der Waals surface area (Å²) in [5, 5.41) is 0. The van der Waals surface area contributed by atoms with Gasteiger partial charge in [0.15, 0.2) is 4.77 Å². The minimum Gasteiger partial charge on any atom is -0.337 e. The maximum Gasteiger partial charge on any atom is 0.181 e. The van der Waals surface area contributed by atoms with E-state index in [0.29, 0.717) is 4.77 Å². The molecule has 0 spiro atoms. The van der Waals surface area contributed by atoms with Crippen LogP contribution < -0.4 is 0 Å². The van der Waals surface area contributed by atoms with Crippen molar-refractivity contribution < 1.29 is 4.39 Å². The average molecular weight is 194 g/mol. The molecule has 0 saturated heterocycles. The zero-order chi connectivity index (χ0) is 9.26. The maximum atomic E-state index is 12.8. The molecule has 0 aliphatic heterocycles. The van der Waals surface area contributed by atoms with Crippen LogP contribution in [0.4, 0.5) is 4.39 Å². The average Bonchev–Trinajstić information content (AvgIpc) is 2.51. The molecule has 1 aromatic heterocycles. The van der Waals surface area contributed by atoms with Crippen molar-refractivity contribution in [3.8, 4) is 5.69 Å². The first-order chi connectivity index (χ1) is 6.27. The third kappa shape index (κ3) is 1.53. The van der Waals surface area contributed by atoms with Crippen LogP contribution in [0.3, 0.4) is 0 Å². The lowest BCUT2D eigenvalue weighted by molar-refractivity contribution is 0.626. The molecule has 0 unspecified atom stereocenters. The Morgan fingerprint density at radius 3 is 2.85 bits per heavy atom. The number of aromatic amines is 1. The molecule has 13 heavy (non-hydrogen) atoms. The monoisotopic (exact) mass is 194 g/mol. The van der Waals surface area contributed by atoms with Gasteiger partial charge in [-0.1, -0.05) is 6.07 Å². The highest BCUT2D eigenvalue weighted by Gasteiger charge is 1.97. The fraction of sp³-hybridized carbons (Fsp3) is 0. The third-order valence-electron chi connectivity index (χ3n) is 1.74. The van der Waals surface area contributed by atoms with Crippen molar-refractivity contribution in [2.24, 2.45) is 0 Å². The number of aromatic nitrogens is 2. The summed E-state index contributed by atoms with van der Waals surface area (Å²) < 4.78 is 15.1. The van der Waals surface area contributed by atoms with Gasteiger partial charge >= 0.3 is 0 Å². The van der Waals surface area contributed by atoms with E-state index in [1.807, 2.05) is 0 Å². The number of hydrogen-bond donors (Lipinski definition) is 1. The molecule has 2 aromatic rings. The summed E-state index contributed by atoms with van der Waals surface area (Å²) in [6, 6.07) is 6.29. The van der Waals surface area contributed by atoms with Crippen molar-refractivity contribution in [2.45, 2.75) is 0 Å². The summed E-state index contributed by atoms with van der Waals surface area (Å²) in [5.74, 6) is -0.263. The van der Waals surface area contributed by atoms with Crippen molar-refractivity contribution in [1.82, 2.24) is 9.55 Å². The van der Waals surface area contributed by atoms with Crippen LogP contribution in [0.2, 0.25) is 0 Å². The minimum absolute atomic E-state index is 0.263. The van der Waals surface area contributed by atoms with Crippen molar-refractivity contribution in [3.63, 3.8) is 0 Å². The van der Waals surface area contributed by atoms with E-state index in [1.165, 1.54) is 12.1 Å². The molecule has 2 rings (SSSR count). The van der Waals surface area contributed by atoms with Crippen LogP contribution in [-0.2, 0) is 0 Å². The highest BCUT2D eigenvalue weighted by Crippen LogP contribution is 2.09. The molecule has 0 atom stereocenters. The molecule has 1 N–H and O–H groups in total. The molecule has 0 radical (unpaired) electrons. The van der Waals surface area contributed by atoms with E-state index in [0.717, 1.165) is 5.69 Å². The number of nitrogens with one attached hydrogen (secondary N) is 1. The van der Waals surface area contributed by atoms with Gasteiger partial charge < -0.3 is 4.98 Å². The topological polar surface area (TPSA) is 20.7 Å². The minimum atomic E-state index is -0.263. The lowest BCUT2D eigenvalue weighted by atomic mass is 10.3. The Morgan fingerprint density at radius 2 is 2.23 bits per heavy atom. The van der Waals surface area contributed by atoms with Gasteiger partial charge in [-0.3, -0.25) is 4.57 Å². The van der Waals surface area contributed by atoms with Gasteiger partial charge in [-0.25, -0.2) is 4.39 Å². The zero-order valence-corrected chi connectivity index (χ0v) is 7.51. The molecule has 0 fully saturated rings. The fourth-order valence-corrected chi connectivity index (χ4v) is 1.38. The van der Waals surface area contributed by atoms with E-state index >= 15 is 0 Å². The normalized spacial score (nSPS) is 10.2. The van der Waals surface area contributed by atoms with Crippen LogP contribution in [0.1, 0.15) is 0 Å². The summed E-state index contributed by atoms with van der Waals surface area (Å²) in [7, 11) is 0. The first-order valence-corrected chi connectivity index (χ1v) is 4.20. The Balaban J connectivity index is 2.59. The van der Waals surface area contributed by atoms with Gasteiger partial charge in [0.1, 0.15) is 5.82 Å². The number of H-pyrrole nitrogens is 1. The molecular formula is C9H7FN2S. The van der Waals surface area contributed by atoms with Crippen LogP contribution in [0.25, 0.3) is 5.69 Å². The first-order valence-electron chi connectivity index (χ1n) is 3.79. The Hall–Kier alpha value is -1.42. The van der Waals surface area contributed by atoms with Gasteiger partial charge in [-0.05, 0) is 30.4 Å². The zero-order valence-electron chi connectivity index (χ0n) is 6.70. The van der Waals surface area contributed by atoms with Gasteiger partial charge in [0.25, 0.3) is 0 Å². The van der Waals surface area contributed by atoms with E-state index in [9.17, 15) is 4.39 Å². The molecule has 0 aliphatic rings. The van der Waals surface area contributed by atoms with Crippen molar-refractivity contribution in [1.29, 1.82) is 0 Å². The molecule has 0 bridgehead atoms. The lowest BCUT2D eigenvalue weighted by Crippen LogP contribution is -1.92. The Morgan fingerprint density at radius 1 is 1.38 bits per heavy atom. The number of halogens is 1. The molecule has 0 saturated carbocycles. The summed E-state index contributed by atoms with van der Waals surface area (Å²) in [6.45, 7) is 0. The van der Waals surface area contributed by atoms with E-state index < -0.39 is 0 Å². The standard InChI is InChI=1S/C9H7FN2S/c10-7-2-1-3-8(6-7)12-5-4-11-9(12)13/h1-6H,(H,11,13). The van der Waals surface area contributed by atoms with E-state index in [2.05, 4.69) is 4.98 Å². The largest absolute Gasteiger partial charge is 0.337 e. The van der Waals surface area contributed by atoms with E-state index in [1.54, 1.807) is 29.1 Å². The van der Waals surface area contributed by atoms with Crippen LogP contribution in [-0.4, -0.2) is 9.55 Å². The van der Waals surface area contributed by atoms with Crippen LogP contribution in [0.5, 0.6) is 0 Å². The predicted octanol–water partition coefficient (Wildman–Crippen LogP) is 2.67. The second-order valence-corrected chi connectivity index (χ2v) is 3.00. The predicted molar refractivity (Wildman–Crippen MR) is 50.9 cm³/mol. The third-order valence-corrected chi connectivity index (χ3v) is 2.05. The van der Waals surface area contributed by atoms with Gasteiger partial charge in [-0.2, -0.15) is 0 Å². The van der Waals surface area contributed by atoms with Crippen LogP contribution in [0.15, 0.2) is 36.7 Å². The van der Waals surface area contributed by atoms with E-state index in [4.69, 9.17) is 12.2 Å². The molecule has 0 amide bonds. The van der Waals surface area contributed by atoms with Crippen LogP contribution >= 0.6 is 12.2 Å². The van der Waals surface area contributed by atoms with Gasteiger partial charge in [0.05, 0.1) is 5.69 Å². The summed E-state index contributed by atoms with van der Waals surface area (Å²) in [6.07, 6.45) is 3.48. The quantitative estimate of drug-likeness (QED) is 0.692. The van der Waals surface area contributed by atoms with Gasteiger partial charge in [0.2, 0.25) is 0 Å². The Bertz CT molecular complexity index is 472. The lowest BCUT2D eigenvalue weighted by Gasteiger charge is -2.00. The molecule has 1 aromatic carbocycles. The SMILES string of the molecule is Fc1cccc(-n2cc[nH]c2=S)c1. The van der Waals surface area contributed by atoms with E-state index in [-0.39, 0.29) is 5.82 Å². The first kappa shape index (κ1) is 8.19. The fourth-order valence-electron chi connectivity index (χ4n) is 1.15. The summed E-state index contributed by atoms with van der Waals surface area (Å²) in [4.78, 5) is 2.84. The summed E-state index contributed by atoms with van der Waals surface area (Å²) in [5.41, 5.74) is 0.728. The number of benzene rings is 1. The second-order valence-electron chi connectivity index (χ2n) is 2.62.